The van der Waals surface area contributed by atoms with Gasteiger partial charge in [-0.05, 0) is 50.1 Å². The van der Waals surface area contributed by atoms with E-state index in [0.29, 0.717) is 53.0 Å². The second kappa shape index (κ2) is 10.8. The molecule has 0 radical (unpaired) electrons. The van der Waals surface area contributed by atoms with Crippen LogP contribution in [0.15, 0.2) is 42.9 Å². The highest BCUT2D eigenvalue weighted by Crippen LogP contribution is 2.38. The monoisotopic (exact) mass is 594 g/mol. The Morgan fingerprint density at radius 3 is 2.59 bits per heavy atom. The van der Waals surface area contributed by atoms with Gasteiger partial charge in [-0.3, -0.25) is 9.67 Å². The average molecular weight is 595 g/mol. The van der Waals surface area contributed by atoms with Gasteiger partial charge >= 0.3 is 0 Å². The number of aliphatic hydroxyl groups is 1. The molecule has 214 valence electrons. The molecule has 9 nitrogen and oxygen atoms in total. The van der Waals surface area contributed by atoms with Gasteiger partial charge in [-0.25, -0.2) is 14.4 Å². The van der Waals surface area contributed by atoms with Crippen LogP contribution >= 0.6 is 11.6 Å². The predicted octanol–water partition coefficient (Wildman–Crippen LogP) is 6.74. The molecule has 0 bridgehead atoms. The highest BCUT2D eigenvalue weighted by atomic mass is 35.5. The minimum absolute atomic E-state index is 0.0232. The standard InChI is InChI=1S/C29H32ClFN6O3Si/c1-17-34-22-6-8-25(27(31)29(22)36(17)16-39-9-10-41(2,3)4)40-24-7-5-21-28(26(24)30)35-23(14-32-21)18-13-33-37(15-18)19-11-20(38)12-19/h5-8,13-15,19-20,38H,9-12,16H2,1-4H3. The zero-order valence-electron chi connectivity index (χ0n) is 23.4. The Kier molecular flexibility index (Phi) is 7.31. The molecule has 0 amide bonds. The van der Waals surface area contributed by atoms with Crippen LogP contribution in [-0.2, 0) is 11.5 Å². The lowest BCUT2D eigenvalue weighted by atomic mass is 9.90. The van der Waals surface area contributed by atoms with Gasteiger partial charge in [-0.1, -0.05) is 31.2 Å². The van der Waals surface area contributed by atoms with E-state index in [1.807, 2.05) is 17.8 Å². The van der Waals surface area contributed by atoms with Crippen molar-refractivity contribution in [3.63, 3.8) is 0 Å². The molecule has 2 aromatic carbocycles. The van der Waals surface area contributed by atoms with Crippen LogP contribution < -0.4 is 4.74 Å². The van der Waals surface area contributed by atoms with Gasteiger partial charge in [0.2, 0.25) is 0 Å². The number of aromatic nitrogens is 6. The Labute approximate surface area is 242 Å². The van der Waals surface area contributed by atoms with Crippen molar-refractivity contribution in [1.29, 1.82) is 0 Å². The van der Waals surface area contributed by atoms with E-state index in [1.54, 1.807) is 41.2 Å². The van der Waals surface area contributed by atoms with Crippen LogP contribution in [0.2, 0.25) is 30.7 Å². The Morgan fingerprint density at radius 2 is 1.83 bits per heavy atom. The Balaban J connectivity index is 1.27. The van der Waals surface area contributed by atoms with Gasteiger partial charge < -0.3 is 19.1 Å². The molecule has 5 aromatic rings. The smallest absolute Gasteiger partial charge is 0.191 e. The number of hydrogen-bond acceptors (Lipinski definition) is 7. The van der Waals surface area contributed by atoms with Crippen LogP contribution in [-0.4, -0.2) is 55.2 Å². The molecule has 1 N–H and O–H groups in total. The number of halogens is 2. The lowest BCUT2D eigenvalue weighted by molar-refractivity contribution is 0.0434. The van der Waals surface area contributed by atoms with Crippen molar-refractivity contribution in [3.8, 4) is 22.8 Å². The molecule has 3 aromatic heterocycles. The van der Waals surface area contributed by atoms with Crippen LogP contribution in [0.4, 0.5) is 4.39 Å². The van der Waals surface area contributed by atoms with E-state index < -0.39 is 13.9 Å². The molecular weight excluding hydrogens is 563 g/mol. The lowest BCUT2D eigenvalue weighted by Crippen LogP contribution is -2.30. The molecule has 41 heavy (non-hydrogen) atoms. The normalized spacial score (nSPS) is 17.3. The minimum atomic E-state index is -1.24. The number of ether oxygens (including phenoxy) is 2. The number of aryl methyl sites for hydroxylation is 1. The van der Waals surface area contributed by atoms with Gasteiger partial charge in [0.15, 0.2) is 11.6 Å². The van der Waals surface area contributed by atoms with Gasteiger partial charge in [0.05, 0.1) is 41.3 Å². The first-order chi connectivity index (χ1) is 19.6. The molecule has 1 aliphatic rings. The number of fused-ring (bicyclic) bond motifs is 2. The molecule has 1 aliphatic carbocycles. The van der Waals surface area contributed by atoms with E-state index in [-0.39, 0.29) is 35.4 Å². The number of benzene rings is 2. The molecule has 0 saturated heterocycles. The van der Waals surface area contributed by atoms with E-state index in [9.17, 15) is 5.11 Å². The van der Waals surface area contributed by atoms with Gasteiger partial charge in [-0.2, -0.15) is 5.10 Å². The summed E-state index contributed by atoms with van der Waals surface area (Å²) in [4.78, 5) is 13.7. The summed E-state index contributed by atoms with van der Waals surface area (Å²) >= 11 is 6.75. The molecule has 1 fully saturated rings. The van der Waals surface area contributed by atoms with E-state index in [2.05, 4.69) is 34.7 Å². The molecule has 0 atom stereocenters. The van der Waals surface area contributed by atoms with E-state index >= 15 is 4.39 Å². The van der Waals surface area contributed by atoms with Crippen LogP contribution in [0.25, 0.3) is 33.3 Å². The maximum absolute atomic E-state index is 15.9. The Hall–Kier alpha value is -3.38. The summed E-state index contributed by atoms with van der Waals surface area (Å²) < 4.78 is 31.3. The van der Waals surface area contributed by atoms with Gasteiger partial charge in [0.25, 0.3) is 0 Å². The van der Waals surface area contributed by atoms with E-state index in [1.165, 1.54) is 0 Å². The fourth-order valence-corrected chi connectivity index (χ4v) is 5.86. The second-order valence-corrected chi connectivity index (χ2v) is 17.8. The van der Waals surface area contributed by atoms with Crippen molar-refractivity contribution < 1.29 is 19.0 Å². The van der Waals surface area contributed by atoms with Gasteiger partial charge in [-0.15, -0.1) is 0 Å². The van der Waals surface area contributed by atoms with E-state index in [4.69, 9.17) is 26.1 Å². The van der Waals surface area contributed by atoms with Crippen LogP contribution in [0.5, 0.6) is 11.5 Å². The first kappa shape index (κ1) is 27.8. The van der Waals surface area contributed by atoms with Gasteiger partial charge in [0.1, 0.15) is 34.4 Å². The fourth-order valence-electron chi connectivity index (χ4n) is 4.86. The Morgan fingerprint density at radius 1 is 1.07 bits per heavy atom. The summed E-state index contributed by atoms with van der Waals surface area (Å²) in [7, 11) is -1.24. The largest absolute Gasteiger partial charge is 0.453 e. The zero-order chi connectivity index (χ0) is 28.9. The summed E-state index contributed by atoms with van der Waals surface area (Å²) in [5.41, 5.74) is 3.26. The molecule has 0 spiro atoms. The molecule has 1 saturated carbocycles. The lowest BCUT2D eigenvalue weighted by Gasteiger charge is -2.31. The maximum atomic E-state index is 15.9. The molecule has 12 heteroatoms. The number of imidazole rings is 1. The third-order valence-electron chi connectivity index (χ3n) is 7.42. The quantitative estimate of drug-likeness (QED) is 0.149. The number of nitrogens with zero attached hydrogens (tertiary/aromatic N) is 6. The predicted molar refractivity (Wildman–Crippen MR) is 159 cm³/mol. The highest BCUT2D eigenvalue weighted by molar-refractivity contribution is 6.76. The summed E-state index contributed by atoms with van der Waals surface area (Å²) in [6.45, 7) is 9.53. The minimum Gasteiger partial charge on any atom is -0.453 e. The number of aliphatic hydroxyl groups excluding tert-OH is 1. The molecule has 6 rings (SSSR count). The van der Waals surface area contributed by atoms with Crippen molar-refractivity contribution in [1.82, 2.24) is 29.3 Å². The summed E-state index contributed by atoms with van der Waals surface area (Å²) in [6, 6.07) is 7.88. The van der Waals surface area contributed by atoms with Crippen molar-refractivity contribution in [2.75, 3.05) is 6.61 Å². The van der Waals surface area contributed by atoms with Crippen molar-refractivity contribution in [3.05, 3.63) is 59.5 Å². The van der Waals surface area contributed by atoms with Crippen molar-refractivity contribution in [2.24, 2.45) is 0 Å². The fraction of sp³-hybridized carbons (Fsp3) is 0.379. The van der Waals surface area contributed by atoms with Gasteiger partial charge in [0, 0.05) is 26.4 Å². The Bertz CT molecular complexity index is 1740. The van der Waals surface area contributed by atoms with Crippen LogP contribution in [0, 0.1) is 12.7 Å². The first-order valence-electron chi connectivity index (χ1n) is 13.7. The average Bonchev–Trinajstić information content (AvgIpc) is 3.52. The summed E-state index contributed by atoms with van der Waals surface area (Å²) in [5, 5.41) is 14.3. The first-order valence-corrected chi connectivity index (χ1v) is 17.7. The summed E-state index contributed by atoms with van der Waals surface area (Å²) in [6.07, 6.45) is 6.38. The molecule has 0 aliphatic heterocycles. The van der Waals surface area contributed by atoms with Crippen molar-refractivity contribution >= 4 is 41.7 Å². The van der Waals surface area contributed by atoms with Crippen LogP contribution in [0.3, 0.4) is 0 Å². The third-order valence-corrected chi connectivity index (χ3v) is 9.49. The topological polar surface area (TPSA) is 100 Å². The zero-order valence-corrected chi connectivity index (χ0v) is 25.2. The molecular formula is C29H32ClFN6O3Si. The number of hydrogen-bond donors (Lipinski definition) is 1. The molecule has 0 unspecified atom stereocenters. The van der Waals surface area contributed by atoms with Crippen LogP contribution in [0.1, 0.15) is 24.7 Å². The van der Waals surface area contributed by atoms with Crippen molar-refractivity contribution in [2.45, 2.75) is 64.3 Å². The summed E-state index contributed by atoms with van der Waals surface area (Å²) in [5.74, 6) is 0.404. The maximum Gasteiger partial charge on any atom is 0.191 e. The second-order valence-electron chi connectivity index (χ2n) is 11.8. The molecule has 3 heterocycles. The SMILES string of the molecule is Cc1nc2ccc(Oc3ccc4ncc(-c5cnn(C6CC(O)C6)c5)nc4c3Cl)c(F)c2n1COCC[Si](C)(C)C. The third kappa shape index (κ3) is 5.59. The highest BCUT2D eigenvalue weighted by Gasteiger charge is 2.29. The number of rotatable bonds is 9. The van der Waals surface area contributed by atoms with E-state index in [0.717, 1.165) is 11.6 Å².